The molecule has 1 N–H and O–H groups in total. The number of nitrogens with zero attached hydrogens (tertiary/aromatic N) is 1. The molecule has 26 heavy (non-hydrogen) atoms. The summed E-state index contributed by atoms with van der Waals surface area (Å²) in [5.41, 5.74) is 2.88. The number of carbonyl (C=O) groups excluding carboxylic acids is 2. The van der Waals surface area contributed by atoms with Gasteiger partial charge in [0.25, 0.3) is 5.91 Å². The van der Waals surface area contributed by atoms with Crippen molar-refractivity contribution in [2.75, 3.05) is 18.8 Å². The Morgan fingerprint density at radius 2 is 1.85 bits per heavy atom. The summed E-state index contributed by atoms with van der Waals surface area (Å²) in [7, 11) is 0. The number of rotatable bonds is 6. The van der Waals surface area contributed by atoms with Crippen molar-refractivity contribution in [3.05, 3.63) is 65.2 Å². The van der Waals surface area contributed by atoms with Crippen LogP contribution in [0.25, 0.3) is 0 Å². The van der Waals surface area contributed by atoms with E-state index in [1.807, 2.05) is 54.3 Å². The Morgan fingerprint density at radius 1 is 1.08 bits per heavy atom. The summed E-state index contributed by atoms with van der Waals surface area (Å²) in [6, 6.07) is 15.6. The van der Waals surface area contributed by atoms with Crippen LogP contribution in [-0.4, -0.2) is 35.6 Å². The average Bonchev–Trinajstić information content (AvgIpc) is 3.19. The minimum Gasteiger partial charge on any atom is -0.348 e. The van der Waals surface area contributed by atoms with Crippen LogP contribution in [0.3, 0.4) is 0 Å². The van der Waals surface area contributed by atoms with Gasteiger partial charge in [0.1, 0.15) is 0 Å². The maximum Gasteiger partial charge on any atom is 0.252 e. The summed E-state index contributed by atoms with van der Waals surface area (Å²) in [5.74, 6) is 0.424. The fourth-order valence-corrected chi connectivity index (χ4v) is 4.03. The van der Waals surface area contributed by atoms with Gasteiger partial charge in [0.2, 0.25) is 5.91 Å². The number of nitrogens with one attached hydrogen (secondary N) is 1. The first-order valence-corrected chi connectivity index (χ1v) is 9.95. The Morgan fingerprint density at radius 3 is 2.62 bits per heavy atom. The molecule has 0 saturated carbocycles. The van der Waals surface area contributed by atoms with Crippen LogP contribution < -0.4 is 5.32 Å². The van der Waals surface area contributed by atoms with Crippen molar-refractivity contribution in [2.45, 2.75) is 31.2 Å². The summed E-state index contributed by atoms with van der Waals surface area (Å²) in [6.07, 6.45) is 2.18. The molecule has 2 amide bonds. The van der Waals surface area contributed by atoms with E-state index in [-0.39, 0.29) is 11.8 Å². The largest absolute Gasteiger partial charge is 0.348 e. The van der Waals surface area contributed by atoms with Gasteiger partial charge in [0.05, 0.1) is 11.3 Å². The molecule has 0 unspecified atom stereocenters. The Balaban J connectivity index is 1.60. The van der Waals surface area contributed by atoms with Crippen LogP contribution in [0.2, 0.25) is 0 Å². The number of amides is 2. The monoisotopic (exact) mass is 368 g/mol. The minimum absolute atomic E-state index is 0.108. The molecule has 1 heterocycles. The number of hydrogen-bond acceptors (Lipinski definition) is 3. The summed E-state index contributed by atoms with van der Waals surface area (Å²) >= 11 is 1.44. The van der Waals surface area contributed by atoms with Gasteiger partial charge in [0.15, 0.2) is 0 Å². The van der Waals surface area contributed by atoms with E-state index in [9.17, 15) is 9.59 Å². The van der Waals surface area contributed by atoms with E-state index in [4.69, 9.17) is 0 Å². The van der Waals surface area contributed by atoms with Crippen LogP contribution in [0.5, 0.6) is 0 Å². The molecule has 3 rings (SSSR count). The normalized spacial score (nSPS) is 13.7. The number of benzene rings is 2. The van der Waals surface area contributed by atoms with Crippen molar-refractivity contribution >= 4 is 23.6 Å². The molecule has 0 radical (unpaired) electrons. The lowest BCUT2D eigenvalue weighted by Crippen LogP contribution is -2.29. The van der Waals surface area contributed by atoms with Crippen molar-refractivity contribution in [2.24, 2.45) is 0 Å². The minimum atomic E-state index is -0.108. The predicted molar refractivity (Wildman–Crippen MR) is 105 cm³/mol. The van der Waals surface area contributed by atoms with Gasteiger partial charge < -0.3 is 10.2 Å². The van der Waals surface area contributed by atoms with Gasteiger partial charge in [0, 0.05) is 24.5 Å². The van der Waals surface area contributed by atoms with Crippen molar-refractivity contribution < 1.29 is 9.59 Å². The first-order valence-electron chi connectivity index (χ1n) is 8.97. The standard InChI is InChI=1S/C21H24N2O2S/c1-16-7-6-8-17(13-16)14-22-21(25)18-9-2-3-10-19(18)26-15-20(24)23-11-4-5-12-23/h2-3,6-10,13H,4-5,11-12,14-15H2,1H3,(H,22,25). The lowest BCUT2D eigenvalue weighted by molar-refractivity contribution is -0.127. The van der Waals surface area contributed by atoms with E-state index in [0.717, 1.165) is 36.4 Å². The van der Waals surface area contributed by atoms with Crippen molar-refractivity contribution in [1.82, 2.24) is 10.2 Å². The van der Waals surface area contributed by atoms with Crippen LogP contribution >= 0.6 is 11.8 Å². The lowest BCUT2D eigenvalue weighted by atomic mass is 10.1. The van der Waals surface area contributed by atoms with Gasteiger partial charge in [-0.2, -0.15) is 0 Å². The molecule has 0 atom stereocenters. The molecule has 1 saturated heterocycles. The zero-order chi connectivity index (χ0) is 18.4. The Labute approximate surface area is 159 Å². The summed E-state index contributed by atoms with van der Waals surface area (Å²) in [5, 5.41) is 2.98. The fraction of sp³-hybridized carbons (Fsp3) is 0.333. The Kier molecular flexibility index (Phi) is 6.34. The van der Waals surface area contributed by atoms with Crippen molar-refractivity contribution in [3.63, 3.8) is 0 Å². The van der Waals surface area contributed by atoms with Crippen LogP contribution in [0.4, 0.5) is 0 Å². The van der Waals surface area contributed by atoms with Crippen LogP contribution in [-0.2, 0) is 11.3 Å². The maximum absolute atomic E-state index is 12.6. The number of aryl methyl sites for hydroxylation is 1. The molecule has 2 aromatic carbocycles. The Bertz CT molecular complexity index is 785. The van der Waals surface area contributed by atoms with Gasteiger partial charge in [-0.3, -0.25) is 9.59 Å². The highest BCUT2D eigenvalue weighted by molar-refractivity contribution is 8.00. The quantitative estimate of drug-likeness (QED) is 0.792. The zero-order valence-corrected chi connectivity index (χ0v) is 15.8. The van der Waals surface area contributed by atoms with E-state index in [2.05, 4.69) is 11.4 Å². The molecule has 2 aromatic rings. The number of hydrogen-bond donors (Lipinski definition) is 1. The van der Waals surface area contributed by atoms with E-state index in [1.165, 1.54) is 17.3 Å². The van der Waals surface area contributed by atoms with Crippen LogP contribution in [0, 0.1) is 6.92 Å². The van der Waals surface area contributed by atoms with Gasteiger partial charge in [-0.1, -0.05) is 42.0 Å². The smallest absolute Gasteiger partial charge is 0.252 e. The third-order valence-electron chi connectivity index (χ3n) is 4.48. The summed E-state index contributed by atoms with van der Waals surface area (Å²) in [6.45, 7) is 4.25. The molecule has 1 aliphatic rings. The topological polar surface area (TPSA) is 49.4 Å². The highest BCUT2D eigenvalue weighted by Gasteiger charge is 2.19. The van der Waals surface area contributed by atoms with Crippen LogP contribution in [0.15, 0.2) is 53.4 Å². The highest BCUT2D eigenvalue weighted by atomic mass is 32.2. The summed E-state index contributed by atoms with van der Waals surface area (Å²) in [4.78, 5) is 27.6. The molecule has 1 fully saturated rings. The van der Waals surface area contributed by atoms with E-state index in [0.29, 0.717) is 17.9 Å². The van der Waals surface area contributed by atoms with Gasteiger partial charge in [-0.25, -0.2) is 0 Å². The van der Waals surface area contributed by atoms with E-state index in [1.54, 1.807) is 0 Å². The second kappa shape index (κ2) is 8.90. The van der Waals surface area contributed by atoms with Crippen molar-refractivity contribution in [1.29, 1.82) is 0 Å². The number of likely N-dealkylation sites (tertiary alicyclic amines) is 1. The third-order valence-corrected chi connectivity index (χ3v) is 5.54. The number of thioether (sulfide) groups is 1. The molecular formula is C21H24N2O2S. The second-order valence-corrected chi connectivity index (χ2v) is 7.56. The van der Waals surface area contributed by atoms with Crippen molar-refractivity contribution in [3.8, 4) is 0 Å². The molecule has 1 aliphatic heterocycles. The fourth-order valence-electron chi connectivity index (χ4n) is 3.08. The molecule has 5 heteroatoms. The highest BCUT2D eigenvalue weighted by Crippen LogP contribution is 2.24. The summed E-state index contributed by atoms with van der Waals surface area (Å²) < 4.78 is 0. The SMILES string of the molecule is Cc1cccc(CNC(=O)c2ccccc2SCC(=O)N2CCCC2)c1. The molecule has 0 spiro atoms. The first-order chi connectivity index (χ1) is 12.6. The molecule has 4 nitrogen and oxygen atoms in total. The zero-order valence-electron chi connectivity index (χ0n) is 15.0. The second-order valence-electron chi connectivity index (χ2n) is 6.54. The predicted octanol–water partition coefficient (Wildman–Crippen LogP) is 3.64. The number of carbonyl (C=O) groups is 2. The first kappa shape index (κ1) is 18.5. The molecule has 0 aliphatic carbocycles. The molecular weight excluding hydrogens is 344 g/mol. The molecule has 136 valence electrons. The molecule has 0 aromatic heterocycles. The van der Waals surface area contributed by atoms with Gasteiger partial charge >= 0.3 is 0 Å². The average molecular weight is 369 g/mol. The van der Waals surface area contributed by atoms with E-state index < -0.39 is 0 Å². The maximum atomic E-state index is 12.6. The van der Waals surface area contributed by atoms with Crippen LogP contribution in [0.1, 0.15) is 34.3 Å². The third kappa shape index (κ3) is 4.88. The Hall–Kier alpha value is -2.27. The van der Waals surface area contributed by atoms with Gasteiger partial charge in [-0.05, 0) is 37.5 Å². The molecule has 0 bridgehead atoms. The lowest BCUT2D eigenvalue weighted by Gasteiger charge is -2.15. The van der Waals surface area contributed by atoms with E-state index >= 15 is 0 Å². The van der Waals surface area contributed by atoms with Gasteiger partial charge in [-0.15, -0.1) is 11.8 Å².